The third kappa shape index (κ3) is 5.87. The average Bonchev–Trinajstić information content (AvgIpc) is 2.35. The molecule has 0 radical (unpaired) electrons. The van der Waals surface area contributed by atoms with Crippen molar-refractivity contribution in [3.8, 4) is 0 Å². The summed E-state index contributed by atoms with van der Waals surface area (Å²) in [4.78, 5) is 9.91. The van der Waals surface area contributed by atoms with Crippen LogP contribution in [0.5, 0.6) is 0 Å². The zero-order valence-electron chi connectivity index (χ0n) is 11.8. The van der Waals surface area contributed by atoms with Gasteiger partial charge in [-0.25, -0.2) is 0 Å². The lowest BCUT2D eigenvalue weighted by Gasteiger charge is -2.24. The zero-order valence-corrected chi connectivity index (χ0v) is 12.7. The first kappa shape index (κ1) is 16.4. The van der Waals surface area contributed by atoms with Gasteiger partial charge in [-0.15, -0.1) is 0 Å². The maximum atomic E-state index is 12.1. The SMILES string of the molecule is CCOP(=O)(O)C(CC(C)C)OCc1ccccc1. The van der Waals surface area contributed by atoms with Gasteiger partial charge in [0.2, 0.25) is 0 Å². The zero-order chi connectivity index (χ0) is 14.3. The lowest BCUT2D eigenvalue weighted by molar-refractivity contribution is 0.0548. The highest BCUT2D eigenvalue weighted by molar-refractivity contribution is 7.53. The second kappa shape index (κ2) is 7.81. The summed E-state index contributed by atoms with van der Waals surface area (Å²) in [6.07, 6.45) is 0.501. The van der Waals surface area contributed by atoms with Gasteiger partial charge in [0, 0.05) is 0 Å². The van der Waals surface area contributed by atoms with Gasteiger partial charge in [0.05, 0.1) is 13.2 Å². The van der Waals surface area contributed by atoms with Crippen molar-refractivity contribution in [2.24, 2.45) is 5.92 Å². The summed E-state index contributed by atoms with van der Waals surface area (Å²) in [6, 6.07) is 9.60. The first-order valence-electron chi connectivity index (χ1n) is 6.58. The smallest absolute Gasteiger partial charge is 0.356 e. The summed E-state index contributed by atoms with van der Waals surface area (Å²) in [5.74, 6) is -0.505. The lowest BCUT2D eigenvalue weighted by atomic mass is 10.1. The second-order valence-electron chi connectivity index (χ2n) is 4.86. The number of rotatable bonds is 8. The molecule has 0 saturated heterocycles. The molecular formula is C14H23O4P. The highest BCUT2D eigenvalue weighted by Gasteiger charge is 2.33. The van der Waals surface area contributed by atoms with Gasteiger partial charge in [-0.3, -0.25) is 4.57 Å². The number of hydrogen-bond donors (Lipinski definition) is 1. The molecule has 0 heterocycles. The van der Waals surface area contributed by atoms with Gasteiger partial charge < -0.3 is 14.2 Å². The van der Waals surface area contributed by atoms with Crippen molar-refractivity contribution in [2.45, 2.75) is 39.6 Å². The average molecular weight is 286 g/mol. The van der Waals surface area contributed by atoms with E-state index in [0.29, 0.717) is 13.0 Å². The van der Waals surface area contributed by atoms with Crippen molar-refractivity contribution in [3.05, 3.63) is 35.9 Å². The van der Waals surface area contributed by atoms with Crippen molar-refractivity contribution < 1.29 is 18.7 Å². The first-order valence-corrected chi connectivity index (χ1v) is 8.23. The van der Waals surface area contributed by atoms with Crippen LogP contribution in [0, 0.1) is 5.92 Å². The van der Waals surface area contributed by atoms with E-state index in [0.717, 1.165) is 5.56 Å². The van der Waals surface area contributed by atoms with E-state index in [1.807, 2.05) is 44.2 Å². The van der Waals surface area contributed by atoms with Crippen molar-refractivity contribution in [1.29, 1.82) is 0 Å². The number of hydrogen-bond acceptors (Lipinski definition) is 3. The first-order chi connectivity index (χ1) is 8.95. The molecule has 0 aromatic heterocycles. The molecule has 1 aromatic carbocycles. The second-order valence-corrected chi connectivity index (χ2v) is 6.83. The molecule has 0 saturated carbocycles. The highest BCUT2D eigenvalue weighted by atomic mass is 31.2. The molecule has 0 aliphatic heterocycles. The minimum atomic E-state index is -3.72. The fourth-order valence-electron chi connectivity index (χ4n) is 1.73. The third-order valence-corrected chi connectivity index (χ3v) is 4.35. The van der Waals surface area contributed by atoms with E-state index in [4.69, 9.17) is 9.26 Å². The van der Waals surface area contributed by atoms with E-state index in [9.17, 15) is 9.46 Å². The molecule has 5 heteroatoms. The Hall–Kier alpha value is -0.670. The molecule has 2 atom stereocenters. The fraction of sp³-hybridized carbons (Fsp3) is 0.571. The van der Waals surface area contributed by atoms with Crippen LogP contribution >= 0.6 is 7.60 Å². The predicted molar refractivity (Wildman–Crippen MR) is 75.9 cm³/mol. The quantitative estimate of drug-likeness (QED) is 0.738. The van der Waals surface area contributed by atoms with E-state index < -0.39 is 13.4 Å². The molecule has 2 unspecified atom stereocenters. The topological polar surface area (TPSA) is 55.8 Å². The molecular weight excluding hydrogens is 263 g/mol. The van der Waals surface area contributed by atoms with Crippen molar-refractivity contribution in [2.75, 3.05) is 6.61 Å². The molecule has 0 aliphatic carbocycles. The summed E-state index contributed by atoms with van der Waals surface area (Å²) in [5.41, 5.74) is 0.979. The highest BCUT2D eigenvalue weighted by Crippen LogP contribution is 2.50. The van der Waals surface area contributed by atoms with E-state index in [2.05, 4.69) is 0 Å². The largest absolute Gasteiger partial charge is 0.361 e. The van der Waals surface area contributed by atoms with Crippen LogP contribution in [0.1, 0.15) is 32.8 Å². The Bertz CT molecular complexity index is 405. The molecule has 108 valence electrons. The molecule has 1 rings (SSSR count). The Morgan fingerprint density at radius 3 is 2.42 bits per heavy atom. The summed E-state index contributed by atoms with van der Waals surface area (Å²) in [5, 5.41) is 0. The maximum Gasteiger partial charge on any atom is 0.356 e. The molecule has 0 amide bonds. The van der Waals surface area contributed by atoms with Crippen LogP contribution in [-0.2, 0) is 20.4 Å². The monoisotopic (exact) mass is 286 g/mol. The van der Waals surface area contributed by atoms with Crippen LogP contribution in [-0.4, -0.2) is 17.3 Å². The van der Waals surface area contributed by atoms with Gasteiger partial charge in [-0.05, 0) is 24.8 Å². The predicted octanol–water partition coefficient (Wildman–Crippen LogP) is 3.80. The number of ether oxygens (including phenoxy) is 1. The molecule has 0 bridgehead atoms. The van der Waals surface area contributed by atoms with Crippen molar-refractivity contribution in [3.63, 3.8) is 0 Å². The normalized spacial score (nSPS) is 16.3. The summed E-state index contributed by atoms with van der Waals surface area (Å²) in [6.45, 7) is 6.20. The van der Waals surface area contributed by atoms with Gasteiger partial charge in [0.15, 0.2) is 5.85 Å². The van der Waals surface area contributed by atoms with Crippen molar-refractivity contribution in [1.82, 2.24) is 0 Å². The minimum absolute atomic E-state index is 0.205. The van der Waals surface area contributed by atoms with E-state index in [1.54, 1.807) is 6.92 Å². The van der Waals surface area contributed by atoms with Crippen LogP contribution in [0.4, 0.5) is 0 Å². The maximum absolute atomic E-state index is 12.1. The van der Waals surface area contributed by atoms with Crippen LogP contribution < -0.4 is 0 Å². The molecule has 1 aromatic rings. The summed E-state index contributed by atoms with van der Waals surface area (Å²) < 4.78 is 22.7. The minimum Gasteiger partial charge on any atom is -0.361 e. The Balaban J connectivity index is 2.67. The van der Waals surface area contributed by atoms with E-state index in [-0.39, 0.29) is 12.5 Å². The number of benzene rings is 1. The summed E-state index contributed by atoms with van der Waals surface area (Å²) in [7, 11) is -3.72. The van der Waals surface area contributed by atoms with E-state index >= 15 is 0 Å². The Labute approximate surface area is 115 Å². The fourth-order valence-corrected chi connectivity index (χ4v) is 3.22. The Kier molecular flexibility index (Phi) is 6.73. The van der Waals surface area contributed by atoms with Crippen molar-refractivity contribution >= 4 is 7.60 Å². The molecule has 0 aliphatic rings. The third-order valence-electron chi connectivity index (χ3n) is 2.64. The molecule has 0 fully saturated rings. The Morgan fingerprint density at radius 1 is 1.26 bits per heavy atom. The molecule has 1 N–H and O–H groups in total. The molecule has 4 nitrogen and oxygen atoms in total. The van der Waals surface area contributed by atoms with Crippen LogP contribution in [0.3, 0.4) is 0 Å². The van der Waals surface area contributed by atoms with Gasteiger partial charge in [0.25, 0.3) is 0 Å². The Morgan fingerprint density at radius 2 is 1.89 bits per heavy atom. The van der Waals surface area contributed by atoms with Gasteiger partial charge in [0.1, 0.15) is 0 Å². The van der Waals surface area contributed by atoms with Crippen LogP contribution in [0.25, 0.3) is 0 Å². The van der Waals surface area contributed by atoms with Gasteiger partial charge in [-0.2, -0.15) is 0 Å². The van der Waals surface area contributed by atoms with Crippen LogP contribution in [0.15, 0.2) is 30.3 Å². The lowest BCUT2D eigenvalue weighted by Crippen LogP contribution is -2.17. The van der Waals surface area contributed by atoms with Gasteiger partial charge in [-0.1, -0.05) is 44.2 Å². The van der Waals surface area contributed by atoms with Gasteiger partial charge >= 0.3 is 7.60 Å². The summed E-state index contributed by atoms with van der Waals surface area (Å²) >= 11 is 0. The molecule has 19 heavy (non-hydrogen) atoms. The standard InChI is InChI=1S/C14H23O4P/c1-4-18-19(15,16)14(10-12(2)3)17-11-13-8-6-5-7-9-13/h5-9,12,14H,4,10-11H2,1-3H3,(H,15,16). The molecule has 0 spiro atoms. The van der Waals surface area contributed by atoms with E-state index in [1.165, 1.54) is 0 Å². The van der Waals surface area contributed by atoms with Crippen LogP contribution in [0.2, 0.25) is 0 Å².